The van der Waals surface area contributed by atoms with Crippen molar-refractivity contribution in [1.82, 2.24) is 20.3 Å². The van der Waals surface area contributed by atoms with Gasteiger partial charge in [-0.15, -0.1) is 0 Å². The van der Waals surface area contributed by atoms with Crippen LogP contribution in [0, 0.1) is 0 Å². The van der Waals surface area contributed by atoms with Gasteiger partial charge >= 0.3 is 0 Å². The summed E-state index contributed by atoms with van der Waals surface area (Å²) in [5.41, 5.74) is 4.48. The highest BCUT2D eigenvalue weighted by molar-refractivity contribution is 5.60. The lowest BCUT2D eigenvalue weighted by atomic mass is 10.1. The van der Waals surface area contributed by atoms with Gasteiger partial charge in [0, 0.05) is 36.6 Å². The molecule has 0 atom stereocenters. The van der Waals surface area contributed by atoms with Crippen molar-refractivity contribution in [2.45, 2.75) is 19.5 Å². The van der Waals surface area contributed by atoms with Crippen molar-refractivity contribution in [2.24, 2.45) is 0 Å². The van der Waals surface area contributed by atoms with E-state index in [1.165, 1.54) is 5.56 Å². The summed E-state index contributed by atoms with van der Waals surface area (Å²) in [5, 5.41) is 6.87. The molecule has 3 heterocycles. The van der Waals surface area contributed by atoms with E-state index in [0.717, 1.165) is 48.0 Å². The van der Waals surface area contributed by atoms with Crippen molar-refractivity contribution in [3.63, 3.8) is 0 Å². The molecule has 1 aliphatic rings. The summed E-state index contributed by atoms with van der Waals surface area (Å²) in [6, 6.07) is 14.1. The average Bonchev–Trinajstić information content (AvgIpc) is 2.67. The Morgan fingerprint density at radius 1 is 1.04 bits per heavy atom. The van der Waals surface area contributed by atoms with Gasteiger partial charge in [-0.3, -0.25) is 4.98 Å². The van der Waals surface area contributed by atoms with Crippen LogP contribution in [0.2, 0.25) is 0 Å². The smallest absolute Gasteiger partial charge is 0.161 e. The van der Waals surface area contributed by atoms with E-state index in [4.69, 9.17) is 9.97 Å². The molecule has 5 nitrogen and oxygen atoms in total. The Kier molecular flexibility index (Phi) is 4.16. The van der Waals surface area contributed by atoms with Gasteiger partial charge in [-0.05, 0) is 24.6 Å². The second-order valence-electron chi connectivity index (χ2n) is 5.83. The normalized spacial score (nSPS) is 13.3. The Balaban J connectivity index is 1.68. The number of aromatic nitrogens is 3. The molecule has 3 aromatic rings. The van der Waals surface area contributed by atoms with E-state index in [0.29, 0.717) is 6.54 Å². The Morgan fingerprint density at radius 2 is 1.96 bits per heavy atom. The van der Waals surface area contributed by atoms with Crippen LogP contribution in [0.25, 0.3) is 11.4 Å². The lowest BCUT2D eigenvalue weighted by Crippen LogP contribution is -2.26. The molecule has 0 saturated carbocycles. The topological polar surface area (TPSA) is 62.7 Å². The van der Waals surface area contributed by atoms with Crippen molar-refractivity contribution >= 4 is 5.82 Å². The molecule has 1 aliphatic heterocycles. The predicted molar refractivity (Wildman–Crippen MR) is 94.4 cm³/mol. The molecule has 2 N–H and O–H groups in total. The molecule has 1 aromatic carbocycles. The summed E-state index contributed by atoms with van der Waals surface area (Å²) in [4.78, 5) is 13.7. The van der Waals surface area contributed by atoms with E-state index in [-0.39, 0.29) is 0 Å². The van der Waals surface area contributed by atoms with E-state index < -0.39 is 0 Å². The summed E-state index contributed by atoms with van der Waals surface area (Å²) in [6.07, 6.45) is 4.61. The molecule has 0 saturated heterocycles. The SMILES string of the molecule is c1ccc(-c2nc3c(c(NCc4cccnc4)n2)CCNC3)cc1. The van der Waals surface area contributed by atoms with Gasteiger partial charge in [-0.1, -0.05) is 36.4 Å². The van der Waals surface area contributed by atoms with Crippen LogP contribution >= 0.6 is 0 Å². The first-order chi connectivity index (χ1) is 11.9. The van der Waals surface area contributed by atoms with Gasteiger partial charge in [0.15, 0.2) is 5.82 Å². The molecule has 0 bridgehead atoms. The number of nitrogens with zero attached hydrogens (tertiary/aromatic N) is 3. The number of pyridine rings is 1. The summed E-state index contributed by atoms with van der Waals surface area (Å²) < 4.78 is 0. The van der Waals surface area contributed by atoms with Crippen molar-refractivity contribution in [3.8, 4) is 11.4 Å². The number of fused-ring (bicyclic) bond motifs is 1. The predicted octanol–water partition coefficient (Wildman–Crippen LogP) is 2.80. The maximum Gasteiger partial charge on any atom is 0.161 e. The first-order valence-corrected chi connectivity index (χ1v) is 8.19. The third-order valence-corrected chi connectivity index (χ3v) is 4.15. The van der Waals surface area contributed by atoms with E-state index in [1.807, 2.05) is 42.6 Å². The minimum atomic E-state index is 0.707. The second-order valence-corrected chi connectivity index (χ2v) is 5.83. The van der Waals surface area contributed by atoms with E-state index >= 15 is 0 Å². The minimum Gasteiger partial charge on any atom is -0.366 e. The number of hydrogen-bond donors (Lipinski definition) is 2. The molecule has 120 valence electrons. The van der Waals surface area contributed by atoms with Gasteiger partial charge in [0.05, 0.1) is 5.69 Å². The summed E-state index contributed by atoms with van der Waals surface area (Å²) in [6.45, 7) is 2.46. The first-order valence-electron chi connectivity index (χ1n) is 8.19. The Morgan fingerprint density at radius 3 is 2.79 bits per heavy atom. The average molecular weight is 317 g/mol. The fourth-order valence-electron chi connectivity index (χ4n) is 2.91. The van der Waals surface area contributed by atoms with Crippen molar-refractivity contribution in [3.05, 3.63) is 71.7 Å². The van der Waals surface area contributed by atoms with Gasteiger partial charge in [0.1, 0.15) is 5.82 Å². The molecule has 0 unspecified atom stereocenters. The molecule has 0 aliphatic carbocycles. The van der Waals surface area contributed by atoms with Gasteiger partial charge in [0.25, 0.3) is 0 Å². The monoisotopic (exact) mass is 317 g/mol. The maximum atomic E-state index is 4.80. The van der Waals surface area contributed by atoms with Crippen molar-refractivity contribution in [1.29, 1.82) is 0 Å². The van der Waals surface area contributed by atoms with Crippen LogP contribution in [0.15, 0.2) is 54.9 Å². The fourth-order valence-corrected chi connectivity index (χ4v) is 2.91. The Labute approximate surface area is 141 Å². The Hall–Kier alpha value is -2.79. The number of nitrogens with one attached hydrogen (secondary N) is 2. The lowest BCUT2D eigenvalue weighted by Gasteiger charge is -2.20. The zero-order valence-electron chi connectivity index (χ0n) is 13.4. The highest BCUT2D eigenvalue weighted by Gasteiger charge is 2.18. The van der Waals surface area contributed by atoms with Crippen LogP contribution in [0.5, 0.6) is 0 Å². The largest absolute Gasteiger partial charge is 0.366 e. The van der Waals surface area contributed by atoms with Gasteiger partial charge in [0.2, 0.25) is 0 Å². The number of rotatable bonds is 4. The molecule has 24 heavy (non-hydrogen) atoms. The quantitative estimate of drug-likeness (QED) is 0.775. The molecule has 0 amide bonds. The minimum absolute atomic E-state index is 0.707. The highest BCUT2D eigenvalue weighted by Crippen LogP contribution is 2.25. The molecule has 0 fully saturated rings. The third kappa shape index (κ3) is 3.12. The second kappa shape index (κ2) is 6.76. The lowest BCUT2D eigenvalue weighted by molar-refractivity contribution is 0.625. The number of anilines is 1. The van der Waals surface area contributed by atoms with Gasteiger partial charge in [-0.25, -0.2) is 9.97 Å². The Bertz CT molecular complexity index is 818. The molecule has 0 radical (unpaired) electrons. The molecule has 4 rings (SSSR count). The highest BCUT2D eigenvalue weighted by atomic mass is 15.1. The van der Waals surface area contributed by atoms with E-state index in [1.54, 1.807) is 6.20 Å². The maximum absolute atomic E-state index is 4.80. The molecular weight excluding hydrogens is 298 g/mol. The number of benzene rings is 1. The van der Waals surface area contributed by atoms with Crippen LogP contribution in [-0.2, 0) is 19.5 Å². The first kappa shape index (κ1) is 14.8. The fraction of sp³-hybridized carbons (Fsp3) is 0.211. The molecule has 0 spiro atoms. The van der Waals surface area contributed by atoms with Crippen LogP contribution in [0.1, 0.15) is 16.8 Å². The van der Waals surface area contributed by atoms with E-state index in [2.05, 4.69) is 21.7 Å². The van der Waals surface area contributed by atoms with Crippen molar-refractivity contribution < 1.29 is 0 Å². The molecule has 2 aromatic heterocycles. The number of hydrogen-bond acceptors (Lipinski definition) is 5. The zero-order valence-corrected chi connectivity index (χ0v) is 13.4. The molecule has 5 heteroatoms. The zero-order chi connectivity index (χ0) is 16.2. The summed E-state index contributed by atoms with van der Waals surface area (Å²) in [7, 11) is 0. The van der Waals surface area contributed by atoms with E-state index in [9.17, 15) is 0 Å². The van der Waals surface area contributed by atoms with Crippen LogP contribution in [0.3, 0.4) is 0 Å². The molecular formula is C19H19N5. The van der Waals surface area contributed by atoms with Gasteiger partial charge < -0.3 is 10.6 Å². The van der Waals surface area contributed by atoms with Crippen molar-refractivity contribution in [2.75, 3.05) is 11.9 Å². The summed E-state index contributed by atoms with van der Waals surface area (Å²) >= 11 is 0. The van der Waals surface area contributed by atoms with Crippen LogP contribution < -0.4 is 10.6 Å². The van der Waals surface area contributed by atoms with Crippen LogP contribution in [0.4, 0.5) is 5.82 Å². The summed E-state index contributed by atoms with van der Waals surface area (Å²) in [5.74, 6) is 1.70. The standard InChI is InChI=1S/C19H19N5/c1-2-6-15(7-3-1)18-23-17-13-21-10-8-16(17)19(24-18)22-12-14-5-4-9-20-11-14/h1-7,9,11,21H,8,10,12-13H2,(H,22,23,24). The third-order valence-electron chi connectivity index (χ3n) is 4.15. The van der Waals surface area contributed by atoms with Gasteiger partial charge in [-0.2, -0.15) is 0 Å². The van der Waals surface area contributed by atoms with Crippen LogP contribution in [-0.4, -0.2) is 21.5 Å².